The molecule has 1 amide bonds. The predicted molar refractivity (Wildman–Crippen MR) is 112 cm³/mol. The number of hydroxylamine groups is 2. The molecule has 1 aromatic rings. The molecule has 2 aliphatic heterocycles. The van der Waals surface area contributed by atoms with Crippen molar-refractivity contribution in [2.45, 2.75) is 45.6 Å². The zero-order valence-corrected chi connectivity index (χ0v) is 18.6. The van der Waals surface area contributed by atoms with Gasteiger partial charge in [0, 0.05) is 30.7 Å². The summed E-state index contributed by atoms with van der Waals surface area (Å²) in [6, 6.07) is 3.73. The SMILES string of the molecule is CCOC(=O)CC1=C(c2c(C)cc(Cl)cc2C)C(=O)N(C)C12CCN(OC)CC2. The number of amides is 1. The molecular formula is C22H29ClN2O4. The normalized spacial score (nSPS) is 19.4. The minimum Gasteiger partial charge on any atom is -0.466 e. The van der Waals surface area contributed by atoms with Crippen molar-refractivity contribution < 1.29 is 19.2 Å². The van der Waals surface area contributed by atoms with Gasteiger partial charge in [-0.25, -0.2) is 0 Å². The smallest absolute Gasteiger partial charge is 0.310 e. The Morgan fingerprint density at radius 2 is 1.79 bits per heavy atom. The summed E-state index contributed by atoms with van der Waals surface area (Å²) in [6.07, 6.45) is 1.51. The Morgan fingerprint density at radius 3 is 2.31 bits per heavy atom. The van der Waals surface area contributed by atoms with Gasteiger partial charge in [0.25, 0.3) is 5.91 Å². The summed E-state index contributed by atoms with van der Waals surface area (Å²) in [4.78, 5) is 33.2. The van der Waals surface area contributed by atoms with Crippen LogP contribution in [0.15, 0.2) is 17.7 Å². The monoisotopic (exact) mass is 420 g/mol. The molecule has 1 saturated heterocycles. The number of rotatable bonds is 5. The van der Waals surface area contributed by atoms with E-state index in [1.807, 2.05) is 43.0 Å². The zero-order valence-electron chi connectivity index (χ0n) is 17.8. The lowest BCUT2D eigenvalue weighted by atomic mass is 9.78. The molecule has 2 aliphatic rings. The highest BCUT2D eigenvalue weighted by Crippen LogP contribution is 2.48. The Hall–Kier alpha value is -1.89. The minimum atomic E-state index is -0.507. The van der Waals surface area contributed by atoms with Crippen molar-refractivity contribution in [1.29, 1.82) is 0 Å². The third-order valence-electron chi connectivity index (χ3n) is 6.21. The Balaban J connectivity index is 2.18. The minimum absolute atomic E-state index is 0.0521. The first-order valence-corrected chi connectivity index (χ1v) is 10.4. The highest BCUT2D eigenvalue weighted by atomic mass is 35.5. The maximum absolute atomic E-state index is 13.5. The fourth-order valence-electron chi connectivity index (χ4n) is 4.77. The van der Waals surface area contributed by atoms with Crippen molar-refractivity contribution in [2.24, 2.45) is 0 Å². The summed E-state index contributed by atoms with van der Waals surface area (Å²) in [6.45, 7) is 7.39. The van der Waals surface area contributed by atoms with Crippen molar-refractivity contribution >= 4 is 29.1 Å². The molecule has 0 N–H and O–H groups in total. The van der Waals surface area contributed by atoms with Gasteiger partial charge in [0.15, 0.2) is 0 Å². The molecule has 0 atom stereocenters. The third kappa shape index (κ3) is 3.81. The Labute approximate surface area is 177 Å². The molecule has 0 aromatic heterocycles. The maximum atomic E-state index is 13.5. The highest BCUT2D eigenvalue weighted by molar-refractivity contribution is 6.31. The lowest BCUT2D eigenvalue weighted by molar-refractivity contribution is -0.160. The molecule has 1 fully saturated rings. The van der Waals surface area contributed by atoms with E-state index in [1.54, 1.807) is 14.0 Å². The zero-order chi connectivity index (χ0) is 21.3. The third-order valence-corrected chi connectivity index (χ3v) is 6.42. The van der Waals surface area contributed by atoms with E-state index in [-0.39, 0.29) is 18.3 Å². The number of benzene rings is 1. The molecule has 0 unspecified atom stereocenters. The number of halogens is 1. The first-order valence-electron chi connectivity index (χ1n) is 9.98. The second-order valence-corrected chi connectivity index (χ2v) is 8.19. The van der Waals surface area contributed by atoms with E-state index < -0.39 is 5.54 Å². The summed E-state index contributed by atoms with van der Waals surface area (Å²) in [5, 5.41) is 2.53. The van der Waals surface area contributed by atoms with Gasteiger partial charge in [-0.1, -0.05) is 11.6 Å². The number of esters is 1. The average Bonchev–Trinajstić information content (AvgIpc) is 2.85. The van der Waals surface area contributed by atoms with Crippen molar-refractivity contribution in [1.82, 2.24) is 9.96 Å². The van der Waals surface area contributed by atoms with Crippen LogP contribution in [-0.2, 0) is 19.2 Å². The lowest BCUT2D eigenvalue weighted by Gasteiger charge is -2.44. The number of carbonyl (C=O) groups excluding carboxylic acids is 2. The van der Waals surface area contributed by atoms with Gasteiger partial charge in [0.05, 0.1) is 25.7 Å². The van der Waals surface area contributed by atoms with Crippen LogP contribution >= 0.6 is 11.6 Å². The number of likely N-dealkylation sites (N-methyl/N-ethyl adjacent to an activating group) is 1. The van der Waals surface area contributed by atoms with Gasteiger partial charge in [-0.3, -0.25) is 9.59 Å². The van der Waals surface area contributed by atoms with Crippen LogP contribution in [0.2, 0.25) is 5.02 Å². The van der Waals surface area contributed by atoms with E-state index in [9.17, 15) is 9.59 Å². The van der Waals surface area contributed by atoms with Gasteiger partial charge in [-0.05, 0) is 68.0 Å². The molecule has 0 radical (unpaired) electrons. The van der Waals surface area contributed by atoms with Gasteiger partial charge in [-0.2, -0.15) is 5.06 Å². The summed E-state index contributed by atoms with van der Waals surface area (Å²) in [5.74, 6) is -0.357. The quantitative estimate of drug-likeness (QED) is 0.682. The van der Waals surface area contributed by atoms with Crippen molar-refractivity contribution in [3.05, 3.63) is 39.4 Å². The Morgan fingerprint density at radius 1 is 1.21 bits per heavy atom. The molecule has 6 nitrogen and oxygen atoms in total. The lowest BCUT2D eigenvalue weighted by Crippen LogP contribution is -2.53. The summed E-state index contributed by atoms with van der Waals surface area (Å²) >= 11 is 6.23. The fourth-order valence-corrected chi connectivity index (χ4v) is 5.10. The Bertz CT molecular complexity index is 833. The second kappa shape index (κ2) is 8.46. The summed E-state index contributed by atoms with van der Waals surface area (Å²) in [5.41, 5.74) is 3.70. The summed E-state index contributed by atoms with van der Waals surface area (Å²) < 4.78 is 5.26. The van der Waals surface area contributed by atoms with Gasteiger partial charge in [-0.15, -0.1) is 0 Å². The largest absolute Gasteiger partial charge is 0.466 e. The van der Waals surface area contributed by atoms with Crippen LogP contribution in [0.1, 0.15) is 42.9 Å². The van der Waals surface area contributed by atoms with Crippen molar-refractivity contribution in [2.75, 3.05) is 33.9 Å². The molecule has 158 valence electrons. The first kappa shape index (κ1) is 21.8. The molecule has 0 aliphatic carbocycles. The second-order valence-electron chi connectivity index (χ2n) is 7.76. The number of nitrogens with zero attached hydrogens (tertiary/aromatic N) is 2. The number of hydrogen-bond acceptors (Lipinski definition) is 5. The van der Waals surface area contributed by atoms with E-state index in [4.69, 9.17) is 21.2 Å². The summed E-state index contributed by atoms with van der Waals surface area (Å²) in [7, 11) is 3.49. The molecule has 2 heterocycles. The van der Waals surface area contributed by atoms with E-state index in [0.717, 1.165) is 22.3 Å². The van der Waals surface area contributed by atoms with Crippen LogP contribution in [0.25, 0.3) is 5.57 Å². The predicted octanol–water partition coefficient (Wildman–Crippen LogP) is 3.53. The van der Waals surface area contributed by atoms with E-state index in [2.05, 4.69) is 0 Å². The molecule has 0 bridgehead atoms. The van der Waals surface area contributed by atoms with E-state index in [0.29, 0.717) is 43.1 Å². The topological polar surface area (TPSA) is 59.1 Å². The highest BCUT2D eigenvalue weighted by Gasteiger charge is 2.52. The Kier molecular flexibility index (Phi) is 6.36. The van der Waals surface area contributed by atoms with Gasteiger partial charge < -0.3 is 14.5 Å². The molecule has 3 rings (SSSR count). The number of piperidine rings is 1. The molecule has 7 heteroatoms. The van der Waals surface area contributed by atoms with Crippen molar-refractivity contribution in [3.63, 3.8) is 0 Å². The molecule has 1 spiro atoms. The molecule has 29 heavy (non-hydrogen) atoms. The standard InChI is InChI=1S/C22H29ClN2O4/c1-6-29-18(26)13-17-20(19-14(2)11-16(23)12-15(19)3)21(27)24(4)22(17)7-9-25(28-5)10-8-22/h11-12H,6-10,13H2,1-5H3. The number of ether oxygens (including phenoxy) is 1. The van der Waals surface area contributed by atoms with Gasteiger partial charge in [0.2, 0.25) is 0 Å². The maximum Gasteiger partial charge on any atom is 0.310 e. The van der Waals surface area contributed by atoms with Crippen LogP contribution in [-0.4, -0.2) is 61.2 Å². The average molecular weight is 421 g/mol. The first-order chi connectivity index (χ1) is 13.7. The van der Waals surface area contributed by atoms with Crippen LogP contribution in [0.3, 0.4) is 0 Å². The van der Waals surface area contributed by atoms with E-state index in [1.165, 1.54) is 0 Å². The van der Waals surface area contributed by atoms with Crippen molar-refractivity contribution in [3.8, 4) is 0 Å². The van der Waals surface area contributed by atoms with Crippen LogP contribution in [0.4, 0.5) is 0 Å². The molecular weight excluding hydrogens is 392 g/mol. The van der Waals surface area contributed by atoms with Gasteiger partial charge >= 0.3 is 5.97 Å². The van der Waals surface area contributed by atoms with Crippen LogP contribution < -0.4 is 0 Å². The molecule has 1 aromatic carbocycles. The van der Waals surface area contributed by atoms with E-state index >= 15 is 0 Å². The van der Waals surface area contributed by atoms with Gasteiger partial charge in [0.1, 0.15) is 0 Å². The number of aryl methyl sites for hydroxylation is 2. The number of hydrogen-bond donors (Lipinski definition) is 0. The van der Waals surface area contributed by atoms with Crippen LogP contribution in [0, 0.1) is 13.8 Å². The number of carbonyl (C=O) groups is 2. The fraction of sp³-hybridized carbons (Fsp3) is 0.545. The van der Waals surface area contributed by atoms with Crippen LogP contribution in [0.5, 0.6) is 0 Å². The molecule has 0 saturated carbocycles.